The van der Waals surface area contributed by atoms with Crippen LogP contribution in [0, 0.1) is 0 Å². The monoisotopic (exact) mass is 221 g/mol. The molecule has 90 valence electrons. The van der Waals surface area contributed by atoms with Crippen LogP contribution in [0.2, 0.25) is 0 Å². The molecule has 1 aromatic carbocycles. The largest absolute Gasteiger partial charge is 0.380 e. The highest BCUT2D eigenvalue weighted by molar-refractivity contribution is 5.26. The standard InChI is InChI=1S/C14H23NO/c1-5-13-8-6-7-9-14(13)10-15-11(2)12(3)16-4/h6-9,11-12,15H,5,10H2,1-4H3. The lowest BCUT2D eigenvalue weighted by atomic mass is 10.0. The maximum absolute atomic E-state index is 5.29. The fourth-order valence-electron chi connectivity index (χ4n) is 1.72. The van der Waals surface area contributed by atoms with Gasteiger partial charge in [-0.2, -0.15) is 0 Å². The minimum Gasteiger partial charge on any atom is -0.380 e. The van der Waals surface area contributed by atoms with Gasteiger partial charge in [-0.1, -0.05) is 31.2 Å². The summed E-state index contributed by atoms with van der Waals surface area (Å²) in [5.41, 5.74) is 2.81. The van der Waals surface area contributed by atoms with Gasteiger partial charge in [0.25, 0.3) is 0 Å². The van der Waals surface area contributed by atoms with E-state index < -0.39 is 0 Å². The van der Waals surface area contributed by atoms with E-state index >= 15 is 0 Å². The second-order valence-electron chi connectivity index (χ2n) is 4.23. The van der Waals surface area contributed by atoms with Crippen LogP contribution in [0.3, 0.4) is 0 Å². The number of ether oxygens (including phenoxy) is 1. The molecule has 0 aromatic heterocycles. The van der Waals surface area contributed by atoms with Crippen molar-refractivity contribution in [2.75, 3.05) is 7.11 Å². The number of hydrogen-bond acceptors (Lipinski definition) is 2. The molecule has 1 aromatic rings. The van der Waals surface area contributed by atoms with Gasteiger partial charge in [0.2, 0.25) is 0 Å². The quantitative estimate of drug-likeness (QED) is 0.797. The Morgan fingerprint density at radius 3 is 2.38 bits per heavy atom. The Morgan fingerprint density at radius 2 is 1.81 bits per heavy atom. The summed E-state index contributed by atoms with van der Waals surface area (Å²) in [4.78, 5) is 0. The third-order valence-corrected chi connectivity index (χ3v) is 3.19. The van der Waals surface area contributed by atoms with Gasteiger partial charge in [0.05, 0.1) is 6.10 Å². The number of rotatable bonds is 6. The first-order chi connectivity index (χ1) is 7.69. The summed E-state index contributed by atoms with van der Waals surface area (Å²) in [5.74, 6) is 0. The lowest BCUT2D eigenvalue weighted by molar-refractivity contribution is 0.0882. The average Bonchev–Trinajstić information content (AvgIpc) is 2.35. The highest BCUT2D eigenvalue weighted by Crippen LogP contribution is 2.09. The zero-order chi connectivity index (χ0) is 12.0. The summed E-state index contributed by atoms with van der Waals surface area (Å²) in [6.45, 7) is 7.35. The summed E-state index contributed by atoms with van der Waals surface area (Å²) in [5, 5.41) is 3.50. The van der Waals surface area contributed by atoms with Crippen LogP contribution >= 0.6 is 0 Å². The predicted octanol–water partition coefficient (Wildman–Crippen LogP) is 2.76. The van der Waals surface area contributed by atoms with Crippen molar-refractivity contribution in [1.29, 1.82) is 0 Å². The van der Waals surface area contributed by atoms with Crippen molar-refractivity contribution in [2.45, 2.75) is 45.9 Å². The first kappa shape index (κ1) is 13.2. The van der Waals surface area contributed by atoms with E-state index in [4.69, 9.17) is 4.74 Å². The molecule has 2 heteroatoms. The highest BCUT2D eigenvalue weighted by atomic mass is 16.5. The van der Waals surface area contributed by atoms with Crippen molar-refractivity contribution in [3.63, 3.8) is 0 Å². The Morgan fingerprint density at radius 1 is 1.19 bits per heavy atom. The molecule has 2 unspecified atom stereocenters. The van der Waals surface area contributed by atoms with Crippen molar-refractivity contribution in [3.8, 4) is 0 Å². The van der Waals surface area contributed by atoms with Crippen molar-refractivity contribution in [2.24, 2.45) is 0 Å². The molecule has 0 fully saturated rings. The van der Waals surface area contributed by atoms with Crippen LogP contribution in [0.25, 0.3) is 0 Å². The molecule has 0 aliphatic heterocycles. The Hall–Kier alpha value is -0.860. The zero-order valence-electron chi connectivity index (χ0n) is 10.8. The van der Waals surface area contributed by atoms with Gasteiger partial charge in [-0.15, -0.1) is 0 Å². The Balaban J connectivity index is 2.54. The van der Waals surface area contributed by atoms with Crippen LogP contribution in [0.5, 0.6) is 0 Å². The average molecular weight is 221 g/mol. The van der Waals surface area contributed by atoms with Crippen molar-refractivity contribution in [1.82, 2.24) is 5.32 Å². The summed E-state index contributed by atoms with van der Waals surface area (Å²) in [6.07, 6.45) is 1.33. The van der Waals surface area contributed by atoms with E-state index in [1.165, 1.54) is 11.1 Å². The van der Waals surface area contributed by atoms with Gasteiger partial charge < -0.3 is 10.1 Å². The number of methoxy groups -OCH3 is 1. The van der Waals surface area contributed by atoms with Crippen molar-refractivity contribution >= 4 is 0 Å². The third-order valence-electron chi connectivity index (χ3n) is 3.19. The van der Waals surface area contributed by atoms with E-state index in [-0.39, 0.29) is 6.10 Å². The molecule has 0 amide bonds. The number of nitrogens with one attached hydrogen (secondary N) is 1. The molecule has 0 saturated carbocycles. The molecule has 0 heterocycles. The van der Waals surface area contributed by atoms with Crippen LogP contribution in [0.15, 0.2) is 24.3 Å². The van der Waals surface area contributed by atoms with Crippen molar-refractivity contribution in [3.05, 3.63) is 35.4 Å². The molecule has 1 N–H and O–H groups in total. The van der Waals surface area contributed by atoms with Gasteiger partial charge in [-0.05, 0) is 31.4 Å². The molecule has 0 spiro atoms. The van der Waals surface area contributed by atoms with Gasteiger partial charge in [0.1, 0.15) is 0 Å². The van der Waals surface area contributed by atoms with E-state index in [0.717, 1.165) is 13.0 Å². The van der Waals surface area contributed by atoms with Crippen LogP contribution in [0.1, 0.15) is 31.9 Å². The Labute approximate surface area is 99.0 Å². The van der Waals surface area contributed by atoms with Gasteiger partial charge >= 0.3 is 0 Å². The second kappa shape index (κ2) is 6.66. The molecule has 16 heavy (non-hydrogen) atoms. The van der Waals surface area contributed by atoms with E-state index in [2.05, 4.69) is 50.4 Å². The maximum Gasteiger partial charge on any atom is 0.0693 e. The molecule has 2 nitrogen and oxygen atoms in total. The first-order valence-corrected chi connectivity index (χ1v) is 6.02. The zero-order valence-corrected chi connectivity index (χ0v) is 10.8. The lowest BCUT2D eigenvalue weighted by Crippen LogP contribution is -2.36. The molecular formula is C14H23NO. The summed E-state index contributed by atoms with van der Waals surface area (Å²) < 4.78 is 5.29. The fourth-order valence-corrected chi connectivity index (χ4v) is 1.72. The molecule has 0 saturated heterocycles. The number of aryl methyl sites for hydroxylation is 1. The molecule has 1 rings (SSSR count). The Bertz CT molecular complexity index is 311. The number of benzene rings is 1. The van der Waals surface area contributed by atoms with Crippen LogP contribution in [-0.4, -0.2) is 19.3 Å². The van der Waals surface area contributed by atoms with Gasteiger partial charge in [-0.25, -0.2) is 0 Å². The fraction of sp³-hybridized carbons (Fsp3) is 0.571. The van der Waals surface area contributed by atoms with Gasteiger partial charge in [0, 0.05) is 19.7 Å². The normalized spacial score (nSPS) is 14.8. The van der Waals surface area contributed by atoms with Crippen LogP contribution < -0.4 is 5.32 Å². The third kappa shape index (κ3) is 3.62. The van der Waals surface area contributed by atoms with Crippen molar-refractivity contribution < 1.29 is 4.74 Å². The minimum atomic E-state index is 0.244. The second-order valence-corrected chi connectivity index (χ2v) is 4.23. The van der Waals surface area contributed by atoms with E-state index in [0.29, 0.717) is 6.04 Å². The topological polar surface area (TPSA) is 21.3 Å². The SMILES string of the molecule is CCc1ccccc1CNC(C)C(C)OC. The lowest BCUT2D eigenvalue weighted by Gasteiger charge is -2.20. The summed E-state index contributed by atoms with van der Waals surface area (Å²) in [6, 6.07) is 8.96. The van der Waals surface area contributed by atoms with E-state index in [1.807, 2.05) is 0 Å². The molecule has 0 aliphatic carbocycles. The highest BCUT2D eigenvalue weighted by Gasteiger charge is 2.10. The van der Waals surface area contributed by atoms with E-state index in [1.54, 1.807) is 7.11 Å². The Kier molecular flexibility index (Phi) is 5.50. The molecule has 0 radical (unpaired) electrons. The number of hydrogen-bond donors (Lipinski definition) is 1. The maximum atomic E-state index is 5.29. The van der Waals surface area contributed by atoms with Crippen LogP contribution in [0.4, 0.5) is 0 Å². The molecule has 0 bridgehead atoms. The molecule has 2 atom stereocenters. The smallest absolute Gasteiger partial charge is 0.0693 e. The minimum absolute atomic E-state index is 0.244. The van der Waals surface area contributed by atoms with Gasteiger partial charge in [-0.3, -0.25) is 0 Å². The summed E-state index contributed by atoms with van der Waals surface area (Å²) >= 11 is 0. The van der Waals surface area contributed by atoms with Gasteiger partial charge in [0.15, 0.2) is 0 Å². The first-order valence-electron chi connectivity index (χ1n) is 6.02. The summed E-state index contributed by atoms with van der Waals surface area (Å²) in [7, 11) is 1.75. The van der Waals surface area contributed by atoms with E-state index in [9.17, 15) is 0 Å². The van der Waals surface area contributed by atoms with Crippen LogP contribution in [-0.2, 0) is 17.7 Å². The molecule has 0 aliphatic rings. The molecular weight excluding hydrogens is 198 g/mol. The predicted molar refractivity (Wildman–Crippen MR) is 68.6 cm³/mol.